The number of nitro benzene ring substituents is 1. The van der Waals surface area contributed by atoms with Crippen LogP contribution in [-0.2, 0) is 0 Å². The first-order chi connectivity index (χ1) is 13.4. The lowest BCUT2D eigenvalue weighted by Crippen LogP contribution is -2.26. The number of nitrogens with zero attached hydrogens (tertiary/aromatic N) is 2. The summed E-state index contributed by atoms with van der Waals surface area (Å²) in [4.78, 5) is 23.4. The Kier molecular flexibility index (Phi) is 4.02. The van der Waals surface area contributed by atoms with Crippen LogP contribution in [-0.4, -0.2) is 4.92 Å². The van der Waals surface area contributed by atoms with Crippen molar-refractivity contribution in [2.75, 3.05) is 0 Å². The first-order valence-corrected chi connectivity index (χ1v) is 8.37. The molecule has 138 valence electrons. The van der Waals surface area contributed by atoms with Gasteiger partial charge in [-0.1, -0.05) is 29.8 Å². The van der Waals surface area contributed by atoms with Crippen molar-refractivity contribution in [1.29, 1.82) is 5.26 Å². The predicted molar refractivity (Wildman–Crippen MR) is 99.9 cm³/mol. The van der Waals surface area contributed by atoms with Crippen LogP contribution in [0, 0.1) is 21.4 Å². The zero-order valence-electron chi connectivity index (χ0n) is 14.0. The summed E-state index contributed by atoms with van der Waals surface area (Å²) >= 11 is 5.89. The van der Waals surface area contributed by atoms with Crippen LogP contribution >= 0.6 is 11.6 Å². The van der Waals surface area contributed by atoms with E-state index in [1.807, 2.05) is 6.07 Å². The standard InChI is InChI=1S/C19H10ClN3O5/c20-12-6-5-9(7-13(12)23(25)26)15-11(8-21)18(22)28-17-10-3-1-2-4-14(10)27-19(24)16(15)17/h1-7,15H,22H2. The van der Waals surface area contributed by atoms with Crippen LogP contribution in [0.1, 0.15) is 17.0 Å². The number of fused-ring (bicyclic) bond motifs is 3. The number of benzene rings is 2. The van der Waals surface area contributed by atoms with Crippen molar-refractivity contribution >= 4 is 28.3 Å². The van der Waals surface area contributed by atoms with E-state index in [1.54, 1.807) is 24.3 Å². The third-order valence-corrected chi connectivity index (χ3v) is 4.79. The van der Waals surface area contributed by atoms with Crippen LogP contribution in [0.4, 0.5) is 5.69 Å². The van der Waals surface area contributed by atoms with Gasteiger partial charge >= 0.3 is 5.63 Å². The number of para-hydroxylation sites is 1. The van der Waals surface area contributed by atoms with E-state index in [4.69, 9.17) is 26.5 Å². The summed E-state index contributed by atoms with van der Waals surface area (Å²) in [7, 11) is 0. The average molecular weight is 396 g/mol. The average Bonchev–Trinajstić information content (AvgIpc) is 2.67. The molecule has 0 fully saturated rings. The highest BCUT2D eigenvalue weighted by atomic mass is 35.5. The summed E-state index contributed by atoms with van der Waals surface area (Å²) in [5.41, 5.74) is 5.44. The molecule has 9 heteroatoms. The number of nitrogens with two attached hydrogens (primary N) is 1. The molecule has 0 radical (unpaired) electrons. The molecule has 0 amide bonds. The van der Waals surface area contributed by atoms with Gasteiger partial charge in [0.2, 0.25) is 5.88 Å². The van der Waals surface area contributed by atoms with Crippen LogP contribution in [0.15, 0.2) is 63.1 Å². The SMILES string of the molecule is N#CC1=C(N)Oc2c(c(=O)oc3ccccc23)C1c1ccc(Cl)c([N+](=O)[O-])c1. The van der Waals surface area contributed by atoms with E-state index in [9.17, 15) is 20.2 Å². The fraction of sp³-hybridized carbons (Fsp3) is 0.0526. The molecule has 0 saturated heterocycles. The zero-order chi connectivity index (χ0) is 20.0. The molecule has 1 aromatic heterocycles. The van der Waals surface area contributed by atoms with Crippen molar-refractivity contribution in [1.82, 2.24) is 0 Å². The third-order valence-electron chi connectivity index (χ3n) is 4.47. The molecular weight excluding hydrogens is 386 g/mol. The van der Waals surface area contributed by atoms with Crippen LogP contribution in [0.2, 0.25) is 5.02 Å². The fourth-order valence-electron chi connectivity index (χ4n) is 3.25. The Morgan fingerprint density at radius 3 is 2.71 bits per heavy atom. The molecular formula is C19H10ClN3O5. The second-order valence-corrected chi connectivity index (χ2v) is 6.43. The van der Waals surface area contributed by atoms with Gasteiger partial charge in [-0.15, -0.1) is 0 Å². The molecule has 1 unspecified atom stereocenters. The van der Waals surface area contributed by atoms with Gasteiger partial charge in [0.1, 0.15) is 22.2 Å². The Labute approximate surface area is 162 Å². The van der Waals surface area contributed by atoms with Gasteiger partial charge in [0, 0.05) is 6.07 Å². The second-order valence-electron chi connectivity index (χ2n) is 6.02. The first-order valence-electron chi connectivity index (χ1n) is 7.99. The lowest BCUT2D eigenvalue weighted by Gasteiger charge is -2.25. The Hall–Kier alpha value is -3.83. The van der Waals surface area contributed by atoms with E-state index in [0.717, 1.165) is 0 Å². The number of nitro groups is 1. The lowest BCUT2D eigenvalue weighted by molar-refractivity contribution is -0.384. The Morgan fingerprint density at radius 1 is 1.25 bits per heavy atom. The highest BCUT2D eigenvalue weighted by Crippen LogP contribution is 2.44. The number of nitriles is 1. The minimum absolute atomic E-state index is 0.0427. The summed E-state index contributed by atoms with van der Waals surface area (Å²) in [6, 6.07) is 12.7. The molecule has 2 N–H and O–H groups in total. The van der Waals surface area contributed by atoms with Gasteiger partial charge < -0.3 is 14.9 Å². The normalized spacial score (nSPS) is 15.6. The van der Waals surface area contributed by atoms with Crippen molar-refractivity contribution < 1.29 is 14.1 Å². The number of hydrogen-bond acceptors (Lipinski definition) is 7. The lowest BCUT2D eigenvalue weighted by atomic mass is 9.83. The molecule has 0 spiro atoms. The number of halogens is 1. The summed E-state index contributed by atoms with van der Waals surface area (Å²) in [6.07, 6.45) is 0. The number of rotatable bonds is 2. The minimum Gasteiger partial charge on any atom is -0.439 e. The molecule has 1 atom stereocenters. The first kappa shape index (κ1) is 17.6. The van der Waals surface area contributed by atoms with Gasteiger partial charge in [-0.2, -0.15) is 5.26 Å². The second kappa shape index (κ2) is 6.40. The van der Waals surface area contributed by atoms with Crippen LogP contribution < -0.4 is 16.1 Å². The van der Waals surface area contributed by atoms with E-state index in [2.05, 4.69) is 0 Å². The van der Waals surface area contributed by atoms with Gasteiger partial charge in [0.25, 0.3) is 5.69 Å². The van der Waals surface area contributed by atoms with Crippen molar-refractivity contribution in [3.05, 3.63) is 90.6 Å². The predicted octanol–water partition coefficient (Wildman–Crippen LogP) is 3.57. The fourth-order valence-corrected chi connectivity index (χ4v) is 3.43. The Balaban J connectivity index is 2.07. The molecule has 4 rings (SSSR count). The van der Waals surface area contributed by atoms with Gasteiger partial charge in [-0.25, -0.2) is 4.79 Å². The third kappa shape index (κ3) is 2.57. The maximum absolute atomic E-state index is 12.7. The number of ether oxygens (including phenoxy) is 1. The van der Waals surface area contributed by atoms with Crippen molar-refractivity contribution in [3.8, 4) is 11.8 Å². The van der Waals surface area contributed by atoms with Crippen molar-refractivity contribution in [3.63, 3.8) is 0 Å². The topological polar surface area (TPSA) is 132 Å². The van der Waals surface area contributed by atoms with E-state index >= 15 is 0 Å². The summed E-state index contributed by atoms with van der Waals surface area (Å²) in [5.74, 6) is -1.02. The monoisotopic (exact) mass is 395 g/mol. The Morgan fingerprint density at radius 2 is 2.00 bits per heavy atom. The molecule has 2 aromatic carbocycles. The molecule has 3 aromatic rings. The highest BCUT2D eigenvalue weighted by molar-refractivity contribution is 6.32. The molecule has 28 heavy (non-hydrogen) atoms. The molecule has 1 aliphatic heterocycles. The number of hydrogen-bond donors (Lipinski definition) is 1. The highest BCUT2D eigenvalue weighted by Gasteiger charge is 2.36. The number of allylic oxidation sites excluding steroid dienone is 1. The van der Waals surface area contributed by atoms with Gasteiger partial charge in [-0.3, -0.25) is 10.1 Å². The van der Waals surface area contributed by atoms with E-state index < -0.39 is 16.5 Å². The van der Waals surface area contributed by atoms with E-state index in [1.165, 1.54) is 18.2 Å². The van der Waals surface area contributed by atoms with E-state index in [0.29, 0.717) is 16.5 Å². The summed E-state index contributed by atoms with van der Waals surface area (Å²) in [6.45, 7) is 0. The maximum Gasteiger partial charge on any atom is 0.344 e. The molecule has 0 aliphatic carbocycles. The van der Waals surface area contributed by atoms with Crippen LogP contribution in [0.5, 0.6) is 5.75 Å². The van der Waals surface area contributed by atoms with E-state index in [-0.39, 0.29) is 33.5 Å². The van der Waals surface area contributed by atoms with Crippen molar-refractivity contribution in [2.45, 2.75) is 5.92 Å². The summed E-state index contributed by atoms with van der Waals surface area (Å²) in [5, 5.41) is 21.3. The molecule has 0 bridgehead atoms. The Bertz CT molecular complexity index is 1290. The van der Waals surface area contributed by atoms with Crippen LogP contribution in [0.3, 0.4) is 0 Å². The summed E-state index contributed by atoms with van der Waals surface area (Å²) < 4.78 is 11.0. The largest absolute Gasteiger partial charge is 0.439 e. The smallest absolute Gasteiger partial charge is 0.344 e. The minimum atomic E-state index is -0.995. The quantitative estimate of drug-likeness (QED) is 0.398. The van der Waals surface area contributed by atoms with Gasteiger partial charge in [-0.05, 0) is 23.8 Å². The van der Waals surface area contributed by atoms with Crippen LogP contribution in [0.25, 0.3) is 11.0 Å². The maximum atomic E-state index is 12.7. The molecule has 1 aliphatic rings. The zero-order valence-corrected chi connectivity index (χ0v) is 14.8. The molecule has 8 nitrogen and oxygen atoms in total. The van der Waals surface area contributed by atoms with Gasteiger partial charge in [0.05, 0.1) is 21.8 Å². The van der Waals surface area contributed by atoms with Crippen molar-refractivity contribution in [2.24, 2.45) is 5.73 Å². The van der Waals surface area contributed by atoms with Gasteiger partial charge in [0.15, 0.2) is 5.75 Å². The molecule has 2 heterocycles. The molecule has 0 saturated carbocycles.